The molecule has 116 valence electrons. The van der Waals surface area contributed by atoms with Crippen LogP contribution in [0.4, 0.5) is 0 Å². The maximum Gasteiger partial charge on any atom is 0.0754 e. The van der Waals surface area contributed by atoms with Crippen LogP contribution in [-0.4, -0.2) is 19.1 Å². The Morgan fingerprint density at radius 2 is 0.870 bits per heavy atom. The van der Waals surface area contributed by atoms with Crippen molar-refractivity contribution in [1.82, 2.24) is 5.01 Å². The van der Waals surface area contributed by atoms with E-state index in [4.69, 9.17) is 4.85 Å². The highest BCUT2D eigenvalue weighted by Crippen LogP contribution is 2.46. The predicted octanol–water partition coefficient (Wildman–Crippen LogP) is 3.64. The molecule has 0 heterocycles. The second-order valence-corrected chi connectivity index (χ2v) is 8.58. The van der Waals surface area contributed by atoms with Crippen LogP contribution < -0.4 is 15.9 Å². The summed E-state index contributed by atoms with van der Waals surface area (Å²) in [6.07, 6.45) is 0. The van der Waals surface area contributed by atoms with E-state index in [2.05, 4.69) is 91.0 Å². The van der Waals surface area contributed by atoms with Crippen LogP contribution in [0.1, 0.15) is 0 Å². The van der Waals surface area contributed by atoms with Gasteiger partial charge in [-0.15, -0.1) is 0 Å². The van der Waals surface area contributed by atoms with Gasteiger partial charge in [-0.25, -0.2) is 9.86 Å². The summed E-state index contributed by atoms with van der Waals surface area (Å²) >= 11 is 0. The van der Waals surface area contributed by atoms with Crippen LogP contribution in [0.3, 0.4) is 0 Å². The molecular weight excluding hydrogens is 299 g/mol. The largest absolute Gasteiger partial charge is 0.207 e. The molecule has 0 unspecified atom stereocenters. The molecule has 3 aromatic rings. The third kappa shape index (κ3) is 3.14. The molecule has 3 aromatic carbocycles. The average molecular weight is 320 g/mol. The van der Waals surface area contributed by atoms with Gasteiger partial charge in [-0.1, -0.05) is 91.0 Å². The quantitative estimate of drug-likeness (QED) is 0.529. The fourth-order valence-corrected chi connectivity index (χ4v) is 6.35. The number of rotatable bonds is 4. The van der Waals surface area contributed by atoms with E-state index in [0.717, 1.165) is 0 Å². The van der Waals surface area contributed by atoms with E-state index in [-0.39, 0.29) is 0 Å². The van der Waals surface area contributed by atoms with Gasteiger partial charge < -0.3 is 0 Å². The van der Waals surface area contributed by atoms with Gasteiger partial charge in [0.15, 0.2) is 0 Å². The lowest BCUT2D eigenvalue weighted by Crippen LogP contribution is -2.27. The van der Waals surface area contributed by atoms with Gasteiger partial charge in [0.1, 0.15) is 0 Å². The minimum Gasteiger partial charge on any atom is -0.207 e. The molecule has 0 aliphatic carbocycles. The third-order valence-corrected chi connectivity index (χ3v) is 7.47. The SMILES string of the molecule is CN(C)N=P(c1ccccc1)(c1ccccc1)c1ccccc1. The average Bonchev–Trinajstić information content (AvgIpc) is 2.62. The van der Waals surface area contributed by atoms with Crippen molar-refractivity contribution in [3.05, 3.63) is 91.0 Å². The zero-order valence-corrected chi connectivity index (χ0v) is 14.4. The molecule has 0 aliphatic rings. The number of nitrogens with zero attached hydrogens (tertiary/aromatic N) is 2. The van der Waals surface area contributed by atoms with E-state index in [1.807, 2.05) is 19.1 Å². The van der Waals surface area contributed by atoms with Crippen LogP contribution in [0.25, 0.3) is 0 Å². The molecule has 0 spiro atoms. The highest BCUT2D eigenvalue weighted by Gasteiger charge is 2.27. The van der Waals surface area contributed by atoms with Gasteiger partial charge in [-0.2, -0.15) is 0 Å². The first-order valence-corrected chi connectivity index (χ1v) is 9.44. The van der Waals surface area contributed by atoms with Crippen LogP contribution in [-0.2, 0) is 0 Å². The van der Waals surface area contributed by atoms with Gasteiger partial charge in [-0.3, -0.25) is 0 Å². The smallest absolute Gasteiger partial charge is 0.0754 e. The molecule has 0 atom stereocenters. The first-order chi connectivity index (χ1) is 11.2. The summed E-state index contributed by atoms with van der Waals surface area (Å²) in [6, 6.07) is 31.9. The van der Waals surface area contributed by atoms with E-state index in [1.165, 1.54) is 15.9 Å². The zero-order chi connectivity index (χ0) is 16.1. The van der Waals surface area contributed by atoms with Gasteiger partial charge in [0.25, 0.3) is 0 Å². The van der Waals surface area contributed by atoms with Crippen LogP contribution in [0.5, 0.6) is 0 Å². The first-order valence-electron chi connectivity index (χ1n) is 7.70. The second-order valence-electron chi connectivity index (χ2n) is 5.58. The monoisotopic (exact) mass is 320 g/mol. The van der Waals surface area contributed by atoms with Crippen molar-refractivity contribution in [1.29, 1.82) is 0 Å². The predicted molar refractivity (Wildman–Crippen MR) is 101 cm³/mol. The minimum atomic E-state index is -2.06. The van der Waals surface area contributed by atoms with Crippen molar-refractivity contribution in [2.24, 2.45) is 4.85 Å². The second kappa shape index (κ2) is 6.95. The Balaban J connectivity index is 2.41. The Hall–Kier alpha value is -2.15. The maximum atomic E-state index is 5.16. The van der Waals surface area contributed by atoms with Crippen LogP contribution in [0.15, 0.2) is 95.8 Å². The Labute approximate surface area is 138 Å². The van der Waals surface area contributed by atoms with Crippen molar-refractivity contribution in [2.45, 2.75) is 0 Å². The Kier molecular flexibility index (Phi) is 4.76. The van der Waals surface area contributed by atoms with Crippen LogP contribution in [0, 0.1) is 0 Å². The van der Waals surface area contributed by atoms with Crippen molar-refractivity contribution in [2.75, 3.05) is 14.1 Å². The molecule has 0 bridgehead atoms. The summed E-state index contributed by atoms with van der Waals surface area (Å²) in [5.74, 6) is 0. The minimum absolute atomic E-state index is 1.27. The van der Waals surface area contributed by atoms with Crippen LogP contribution in [0.2, 0.25) is 0 Å². The molecular formula is C20H21N2P. The lowest BCUT2D eigenvalue weighted by atomic mass is 10.4. The van der Waals surface area contributed by atoms with E-state index >= 15 is 0 Å². The number of benzene rings is 3. The molecule has 3 heteroatoms. The maximum absolute atomic E-state index is 5.16. The van der Waals surface area contributed by atoms with E-state index in [9.17, 15) is 0 Å². The Bertz CT molecular complexity index is 693. The molecule has 0 aromatic heterocycles. The van der Waals surface area contributed by atoms with Crippen molar-refractivity contribution in [3.8, 4) is 0 Å². The lowest BCUT2D eigenvalue weighted by Gasteiger charge is -2.27. The third-order valence-electron chi connectivity index (χ3n) is 3.70. The molecule has 0 saturated carbocycles. The van der Waals surface area contributed by atoms with E-state index < -0.39 is 7.05 Å². The Morgan fingerprint density at radius 1 is 0.565 bits per heavy atom. The summed E-state index contributed by atoms with van der Waals surface area (Å²) < 4.78 is 0. The molecule has 0 fully saturated rings. The van der Waals surface area contributed by atoms with Gasteiger partial charge in [-0.05, 0) is 0 Å². The fraction of sp³-hybridized carbons (Fsp3) is 0.100. The van der Waals surface area contributed by atoms with Gasteiger partial charge in [0.05, 0.1) is 7.05 Å². The van der Waals surface area contributed by atoms with Gasteiger partial charge >= 0.3 is 0 Å². The van der Waals surface area contributed by atoms with Crippen molar-refractivity contribution in [3.63, 3.8) is 0 Å². The molecule has 0 radical (unpaired) electrons. The highest BCUT2D eigenvalue weighted by atomic mass is 31.2. The standard InChI is InChI=1S/C20H21N2P/c1-22(2)21-23(18-12-6-3-7-13-18,19-14-8-4-9-15-19)20-16-10-5-11-17-20/h3-17H,1-2H3. The molecule has 0 N–H and O–H groups in total. The lowest BCUT2D eigenvalue weighted by molar-refractivity contribution is 0.445. The van der Waals surface area contributed by atoms with E-state index in [0.29, 0.717) is 0 Å². The van der Waals surface area contributed by atoms with E-state index in [1.54, 1.807) is 0 Å². The molecule has 3 rings (SSSR count). The number of hydrogen-bond donors (Lipinski definition) is 0. The normalized spacial score (nSPS) is 11.4. The number of hydrogen-bond acceptors (Lipinski definition) is 1. The zero-order valence-electron chi connectivity index (χ0n) is 13.5. The summed E-state index contributed by atoms with van der Waals surface area (Å²) in [6.45, 7) is 0. The summed E-state index contributed by atoms with van der Waals surface area (Å²) in [4.78, 5) is 5.16. The highest BCUT2D eigenvalue weighted by molar-refractivity contribution is 7.87. The summed E-state index contributed by atoms with van der Waals surface area (Å²) in [7, 11) is 1.95. The van der Waals surface area contributed by atoms with Gasteiger partial charge in [0.2, 0.25) is 0 Å². The Morgan fingerprint density at radius 3 is 1.13 bits per heavy atom. The molecule has 2 nitrogen and oxygen atoms in total. The van der Waals surface area contributed by atoms with Crippen LogP contribution >= 0.6 is 7.05 Å². The molecule has 0 saturated heterocycles. The van der Waals surface area contributed by atoms with Gasteiger partial charge in [0, 0.05) is 30.0 Å². The first kappa shape index (κ1) is 15.7. The molecule has 23 heavy (non-hydrogen) atoms. The fourth-order valence-electron chi connectivity index (χ4n) is 2.80. The summed E-state index contributed by atoms with van der Waals surface area (Å²) in [5, 5.41) is 5.75. The van der Waals surface area contributed by atoms with Crippen molar-refractivity contribution < 1.29 is 0 Å². The van der Waals surface area contributed by atoms with Crippen molar-refractivity contribution >= 4 is 23.0 Å². The summed E-state index contributed by atoms with van der Waals surface area (Å²) in [5.41, 5.74) is 0. The molecule has 0 aliphatic heterocycles. The topological polar surface area (TPSA) is 15.6 Å². The molecule has 0 amide bonds.